The van der Waals surface area contributed by atoms with Crippen LogP contribution in [0.15, 0.2) is 34.7 Å². The number of nitro groups is 1. The molecule has 2 aromatic rings. The van der Waals surface area contributed by atoms with Crippen LogP contribution in [-0.4, -0.2) is 18.0 Å². The lowest BCUT2D eigenvalue weighted by Gasteiger charge is -2.06. The summed E-state index contributed by atoms with van der Waals surface area (Å²) in [5, 5.41) is 14.0. The number of benzene rings is 1. The van der Waals surface area contributed by atoms with Gasteiger partial charge in [0, 0.05) is 29.7 Å². The van der Waals surface area contributed by atoms with E-state index in [1.807, 2.05) is 19.2 Å². The van der Waals surface area contributed by atoms with E-state index in [1.165, 1.54) is 6.07 Å². The summed E-state index contributed by atoms with van der Waals surface area (Å²) < 4.78 is 5.79. The molecule has 0 spiro atoms. The Hall–Kier alpha value is -2.14. The Morgan fingerprint density at radius 3 is 2.70 bits per heavy atom. The summed E-state index contributed by atoms with van der Waals surface area (Å²) >= 11 is 0. The van der Waals surface area contributed by atoms with Crippen molar-refractivity contribution in [2.24, 2.45) is 0 Å². The summed E-state index contributed by atoms with van der Waals surface area (Å²) in [7, 11) is 1.91. The molecule has 1 heterocycles. The van der Waals surface area contributed by atoms with E-state index in [4.69, 9.17) is 4.42 Å². The van der Waals surface area contributed by atoms with Crippen molar-refractivity contribution in [1.82, 2.24) is 5.32 Å². The van der Waals surface area contributed by atoms with Crippen molar-refractivity contribution in [3.8, 4) is 11.3 Å². The minimum atomic E-state index is -0.374. The summed E-state index contributed by atoms with van der Waals surface area (Å²) in [6.07, 6.45) is 0.808. The molecule has 0 saturated heterocycles. The maximum Gasteiger partial charge on any atom is 0.272 e. The first-order valence-corrected chi connectivity index (χ1v) is 6.52. The van der Waals surface area contributed by atoms with Crippen LogP contribution < -0.4 is 5.32 Å². The van der Waals surface area contributed by atoms with Gasteiger partial charge in [-0.25, -0.2) is 0 Å². The molecule has 0 bridgehead atoms. The zero-order valence-electron chi connectivity index (χ0n) is 11.8. The number of nitro benzene ring substituents is 1. The van der Waals surface area contributed by atoms with Crippen molar-refractivity contribution in [2.45, 2.75) is 26.3 Å². The Morgan fingerprint density at radius 1 is 1.35 bits per heavy atom. The highest BCUT2D eigenvalue weighted by Gasteiger charge is 2.13. The number of nitrogens with one attached hydrogen (secondary N) is 1. The Kier molecular flexibility index (Phi) is 4.20. The van der Waals surface area contributed by atoms with E-state index >= 15 is 0 Å². The van der Waals surface area contributed by atoms with Crippen LogP contribution in [0.1, 0.15) is 18.2 Å². The fourth-order valence-electron chi connectivity index (χ4n) is 2.06. The molecule has 2 rings (SSSR count). The van der Waals surface area contributed by atoms with E-state index < -0.39 is 0 Å². The quantitative estimate of drug-likeness (QED) is 0.671. The molecule has 106 valence electrons. The van der Waals surface area contributed by atoms with Gasteiger partial charge in [-0.1, -0.05) is 0 Å². The van der Waals surface area contributed by atoms with E-state index in [0.717, 1.165) is 23.5 Å². The van der Waals surface area contributed by atoms with E-state index in [9.17, 15) is 10.1 Å². The number of likely N-dealkylation sites (N-methyl/N-ethyl adjacent to an activating group) is 1. The van der Waals surface area contributed by atoms with Crippen LogP contribution in [0.3, 0.4) is 0 Å². The van der Waals surface area contributed by atoms with Crippen LogP contribution in [-0.2, 0) is 6.42 Å². The molecule has 0 aliphatic heterocycles. The third-order valence-corrected chi connectivity index (χ3v) is 3.34. The van der Waals surface area contributed by atoms with E-state index in [1.54, 1.807) is 19.1 Å². The molecule has 0 saturated carbocycles. The number of rotatable bonds is 5. The summed E-state index contributed by atoms with van der Waals surface area (Å²) in [5.74, 6) is 1.64. The second-order valence-corrected chi connectivity index (χ2v) is 4.92. The van der Waals surface area contributed by atoms with Crippen molar-refractivity contribution in [3.63, 3.8) is 0 Å². The molecule has 1 N–H and O–H groups in total. The first-order chi connectivity index (χ1) is 9.51. The molecule has 0 aliphatic rings. The molecule has 5 nitrogen and oxygen atoms in total. The molecule has 5 heteroatoms. The predicted octanol–water partition coefficient (Wildman–Crippen LogP) is 3.31. The van der Waals surface area contributed by atoms with Gasteiger partial charge >= 0.3 is 0 Å². The molecule has 0 fully saturated rings. The van der Waals surface area contributed by atoms with Crippen molar-refractivity contribution in [2.75, 3.05) is 7.05 Å². The topological polar surface area (TPSA) is 68.3 Å². The lowest BCUT2D eigenvalue weighted by Crippen LogP contribution is -2.23. The van der Waals surface area contributed by atoms with Gasteiger partial charge in [0.15, 0.2) is 0 Å². The average Bonchev–Trinajstić information content (AvgIpc) is 2.86. The lowest BCUT2D eigenvalue weighted by atomic mass is 10.1. The van der Waals surface area contributed by atoms with Gasteiger partial charge in [-0.15, -0.1) is 0 Å². The maximum atomic E-state index is 10.8. The van der Waals surface area contributed by atoms with Gasteiger partial charge in [-0.3, -0.25) is 10.1 Å². The van der Waals surface area contributed by atoms with Gasteiger partial charge in [-0.2, -0.15) is 0 Å². The van der Waals surface area contributed by atoms with Crippen LogP contribution in [0.25, 0.3) is 11.3 Å². The zero-order chi connectivity index (χ0) is 14.7. The van der Waals surface area contributed by atoms with Gasteiger partial charge in [0.05, 0.1) is 4.92 Å². The van der Waals surface area contributed by atoms with Crippen LogP contribution in [0.5, 0.6) is 0 Å². The van der Waals surface area contributed by atoms with E-state index in [0.29, 0.717) is 11.6 Å². The fraction of sp³-hybridized carbons (Fsp3) is 0.333. The SMILES string of the molecule is CNC(C)Cc1ccc(-c2ccc([N+](=O)[O-])c(C)c2)o1. The van der Waals surface area contributed by atoms with Gasteiger partial charge in [0.25, 0.3) is 5.69 Å². The Bertz CT molecular complexity index is 619. The predicted molar refractivity (Wildman–Crippen MR) is 77.8 cm³/mol. The molecular formula is C15H18N2O3. The Morgan fingerprint density at radius 2 is 2.10 bits per heavy atom. The van der Waals surface area contributed by atoms with Crippen molar-refractivity contribution in [3.05, 3.63) is 51.8 Å². The van der Waals surface area contributed by atoms with Crippen LogP contribution in [0.4, 0.5) is 5.69 Å². The zero-order valence-corrected chi connectivity index (χ0v) is 11.8. The maximum absolute atomic E-state index is 10.8. The van der Waals surface area contributed by atoms with Crippen molar-refractivity contribution >= 4 is 5.69 Å². The Labute approximate surface area is 117 Å². The lowest BCUT2D eigenvalue weighted by molar-refractivity contribution is -0.385. The molecule has 1 aromatic heterocycles. The van der Waals surface area contributed by atoms with Crippen LogP contribution in [0, 0.1) is 17.0 Å². The summed E-state index contributed by atoms with van der Waals surface area (Å²) in [6, 6.07) is 9.20. The van der Waals surface area contributed by atoms with Crippen molar-refractivity contribution < 1.29 is 9.34 Å². The summed E-state index contributed by atoms with van der Waals surface area (Å²) in [5.41, 5.74) is 1.62. The van der Waals surface area contributed by atoms with Crippen LogP contribution >= 0.6 is 0 Å². The monoisotopic (exact) mass is 274 g/mol. The third kappa shape index (κ3) is 3.05. The summed E-state index contributed by atoms with van der Waals surface area (Å²) in [6.45, 7) is 3.81. The first-order valence-electron chi connectivity index (χ1n) is 6.52. The molecule has 0 aliphatic carbocycles. The number of nitrogens with zero attached hydrogens (tertiary/aromatic N) is 1. The highest BCUT2D eigenvalue weighted by molar-refractivity contribution is 5.62. The van der Waals surface area contributed by atoms with Gasteiger partial charge in [0.2, 0.25) is 0 Å². The van der Waals surface area contributed by atoms with E-state index in [2.05, 4.69) is 12.2 Å². The number of aryl methyl sites for hydroxylation is 1. The molecule has 1 atom stereocenters. The molecule has 0 radical (unpaired) electrons. The molecule has 1 aromatic carbocycles. The summed E-state index contributed by atoms with van der Waals surface area (Å²) in [4.78, 5) is 10.4. The third-order valence-electron chi connectivity index (χ3n) is 3.34. The van der Waals surface area contributed by atoms with Gasteiger partial charge in [-0.05, 0) is 45.2 Å². The van der Waals surface area contributed by atoms with E-state index in [-0.39, 0.29) is 10.6 Å². The first kappa shape index (κ1) is 14.3. The largest absolute Gasteiger partial charge is 0.461 e. The molecular weight excluding hydrogens is 256 g/mol. The number of furan rings is 1. The highest BCUT2D eigenvalue weighted by atomic mass is 16.6. The number of hydrogen-bond acceptors (Lipinski definition) is 4. The molecule has 1 unspecified atom stereocenters. The van der Waals surface area contributed by atoms with Crippen molar-refractivity contribution in [1.29, 1.82) is 0 Å². The second kappa shape index (κ2) is 5.88. The average molecular weight is 274 g/mol. The van der Waals surface area contributed by atoms with Crippen LogP contribution in [0.2, 0.25) is 0 Å². The van der Waals surface area contributed by atoms with Gasteiger partial charge in [0.1, 0.15) is 11.5 Å². The molecule has 20 heavy (non-hydrogen) atoms. The normalized spacial score (nSPS) is 12.3. The minimum Gasteiger partial charge on any atom is -0.461 e. The molecule has 0 amide bonds. The second-order valence-electron chi connectivity index (χ2n) is 4.92. The number of hydrogen-bond donors (Lipinski definition) is 1. The minimum absolute atomic E-state index is 0.129. The van der Waals surface area contributed by atoms with Gasteiger partial charge < -0.3 is 9.73 Å². The standard InChI is InChI=1S/C15H18N2O3/c1-10-8-12(4-6-14(10)17(18)19)15-7-5-13(20-15)9-11(2)16-3/h4-8,11,16H,9H2,1-3H3. The smallest absolute Gasteiger partial charge is 0.272 e. The fourth-order valence-corrected chi connectivity index (χ4v) is 2.06. The highest BCUT2D eigenvalue weighted by Crippen LogP contribution is 2.27. The Balaban J connectivity index is 2.24.